The summed E-state index contributed by atoms with van der Waals surface area (Å²) >= 11 is 0. The first-order chi connectivity index (χ1) is 42.8. The third-order valence-corrected chi connectivity index (χ3v) is 14.4. The smallest absolute Gasteiger partial charge is 0.305 e. The molecule has 11 amide bonds. The van der Waals surface area contributed by atoms with Crippen molar-refractivity contribution in [2.75, 3.05) is 19.6 Å². The van der Waals surface area contributed by atoms with Crippen LogP contribution in [0.4, 0.5) is 0 Å². The topological polar surface area (TPSA) is 595 Å². The summed E-state index contributed by atoms with van der Waals surface area (Å²) in [5.74, 6) is -12.8. The van der Waals surface area contributed by atoms with E-state index in [1.165, 1.54) is 12.5 Å². The summed E-state index contributed by atoms with van der Waals surface area (Å²) in [5, 5.41) is 33.3. The van der Waals surface area contributed by atoms with Crippen LogP contribution in [0.3, 0.4) is 0 Å². The van der Waals surface area contributed by atoms with Crippen LogP contribution in [0.15, 0.2) is 22.5 Å². The molecule has 1 rings (SSSR count). The lowest BCUT2D eigenvalue weighted by Crippen LogP contribution is -2.61. The van der Waals surface area contributed by atoms with Gasteiger partial charge >= 0.3 is 5.97 Å². The van der Waals surface area contributed by atoms with Gasteiger partial charge in [0.1, 0.15) is 54.4 Å². The number of primary amides is 2. The highest BCUT2D eigenvalue weighted by molar-refractivity contribution is 5.99. The molecule has 0 aliphatic heterocycles. The second-order valence-electron chi connectivity index (χ2n) is 23.3. The number of hydrogen-bond donors (Lipinski definition) is 19. The number of aliphatic carboxylic acids is 1. The highest BCUT2D eigenvalue weighted by atomic mass is 16.4. The Morgan fingerprint density at radius 2 is 0.934 bits per heavy atom. The Bertz CT molecular complexity index is 2580. The Labute approximate surface area is 531 Å². The molecule has 0 spiro atoms. The molecule has 0 unspecified atom stereocenters. The molecule has 0 fully saturated rings. The minimum absolute atomic E-state index is 0.0318. The maximum absolute atomic E-state index is 14.4. The number of amides is 11. The number of imidazole rings is 1. The first-order valence-electron chi connectivity index (χ1n) is 30.9. The number of nitrogens with two attached hydrogens (primary N) is 8. The van der Waals surface area contributed by atoms with E-state index in [0.29, 0.717) is 37.8 Å². The van der Waals surface area contributed by atoms with Crippen LogP contribution in [0.1, 0.15) is 157 Å². The number of hydrogen-bond acceptors (Lipinski definition) is 17. The Morgan fingerprint density at radius 3 is 1.37 bits per heavy atom. The summed E-state index contributed by atoms with van der Waals surface area (Å²) in [6.45, 7) is 12.7. The molecule has 0 aliphatic rings. The lowest BCUT2D eigenvalue weighted by Gasteiger charge is -2.30. The van der Waals surface area contributed by atoms with Crippen LogP contribution >= 0.6 is 0 Å². The van der Waals surface area contributed by atoms with Gasteiger partial charge in [-0.15, -0.1) is 0 Å². The van der Waals surface area contributed by atoms with Gasteiger partial charge in [0.25, 0.3) is 0 Å². The van der Waals surface area contributed by atoms with Gasteiger partial charge in [0, 0.05) is 37.8 Å². The number of H-pyrrole nitrogens is 1. The number of carbonyl (C=O) groups excluding carboxylic acids is 11. The first-order valence-corrected chi connectivity index (χ1v) is 30.9. The Kier molecular flexibility index (Phi) is 38.0. The molecule has 1 aromatic rings. The molecule has 0 aromatic carbocycles. The summed E-state index contributed by atoms with van der Waals surface area (Å²) in [6, 6.07) is -13.8. The maximum atomic E-state index is 14.4. The van der Waals surface area contributed by atoms with E-state index in [1.54, 1.807) is 41.5 Å². The number of rotatable bonds is 47. The number of aliphatic imine (C=N–C) groups is 2. The predicted octanol–water partition coefficient (Wildman–Crippen LogP) is -4.57. The van der Waals surface area contributed by atoms with E-state index in [4.69, 9.17) is 45.9 Å². The van der Waals surface area contributed by atoms with Crippen LogP contribution in [0.5, 0.6) is 0 Å². The Hall–Kier alpha value is -8.69. The van der Waals surface area contributed by atoms with E-state index < -0.39 is 157 Å². The zero-order chi connectivity index (χ0) is 68.9. The molecule has 11 atom stereocenters. The van der Waals surface area contributed by atoms with Crippen LogP contribution < -0.4 is 93.7 Å². The summed E-state index contributed by atoms with van der Waals surface area (Å²) in [6.07, 6.45) is 3.66. The third kappa shape index (κ3) is 33.1. The van der Waals surface area contributed by atoms with Crippen molar-refractivity contribution in [2.45, 2.75) is 218 Å². The van der Waals surface area contributed by atoms with Gasteiger partial charge in [-0.25, -0.2) is 4.98 Å². The fraction of sp³-hybridized carbons (Fsp3) is 0.702. The van der Waals surface area contributed by atoms with E-state index >= 15 is 0 Å². The molecular formula is C57H103N21O13. The summed E-state index contributed by atoms with van der Waals surface area (Å²) in [5.41, 5.74) is 45.3. The highest BCUT2D eigenvalue weighted by Crippen LogP contribution is 2.15. The van der Waals surface area contributed by atoms with Crippen LogP contribution in [0, 0.1) is 17.8 Å². The van der Waals surface area contributed by atoms with Crippen molar-refractivity contribution in [3.8, 4) is 0 Å². The molecule has 34 heteroatoms. The average molecular weight is 1290 g/mol. The number of nitrogens with one attached hydrogen (secondary N) is 10. The minimum atomic E-state index is -1.94. The summed E-state index contributed by atoms with van der Waals surface area (Å²) < 4.78 is 0. The standard InChI is InChI=1S/C57H103N21O13/c1-8-10-15-36(49(85)72-38(18-14-23-68-57(64)65)48(84)70-35(46(61)82)16-11-12-22-67-56(62)63)74-55(91)45(32(7)9-2)78-54(90)42(27-44(80)81)77-51(87)39(19-20-43(60)79)73-52(88)40(24-30(3)4)76-53(89)41(25-31(5)6)75-50(86)37(17-13-21-58)71-47(83)34(59)26-33-28-66-29-69-33/h28-32,34-42,45H,8-27,58-59H2,1-7H3,(H2,60,79)(H2,61,82)(H,66,69)(H,70,84)(H,71,83)(H,72,85)(H,73,88)(H,74,91)(H,75,86)(H,76,89)(H,77,87)(H,78,90)(H,80,81)(H4,62,63,67)(H4,64,65,68)/t32-,34-,35-,36-,37-,38+,39-,40-,41-,42-,45-/m0/s1. The van der Waals surface area contributed by atoms with Crippen LogP contribution in [0.25, 0.3) is 0 Å². The molecule has 0 radical (unpaired) electrons. The van der Waals surface area contributed by atoms with Gasteiger partial charge in [-0.1, -0.05) is 67.7 Å². The molecule has 0 saturated heterocycles. The summed E-state index contributed by atoms with van der Waals surface area (Å²) in [7, 11) is 0. The number of guanidine groups is 2. The van der Waals surface area contributed by atoms with E-state index in [-0.39, 0.29) is 101 Å². The normalized spacial score (nSPS) is 14.8. The lowest BCUT2D eigenvalue weighted by molar-refractivity contribution is -0.142. The molecule has 27 N–H and O–H groups in total. The van der Waals surface area contributed by atoms with Crippen LogP contribution in [-0.2, 0) is 64.0 Å². The van der Waals surface area contributed by atoms with E-state index in [1.807, 2.05) is 6.92 Å². The maximum Gasteiger partial charge on any atom is 0.305 e. The predicted molar refractivity (Wildman–Crippen MR) is 338 cm³/mol. The number of carboxylic acid groups (broad SMARTS) is 1. The van der Waals surface area contributed by atoms with Crippen molar-refractivity contribution in [3.63, 3.8) is 0 Å². The lowest BCUT2D eigenvalue weighted by atomic mass is 9.96. The number of aromatic nitrogens is 2. The average Bonchev–Trinajstić information content (AvgIpc) is 2.94. The molecular weight excluding hydrogens is 1190 g/mol. The molecule has 91 heavy (non-hydrogen) atoms. The molecule has 514 valence electrons. The van der Waals surface area contributed by atoms with Crippen molar-refractivity contribution >= 4 is 82.9 Å². The Balaban J connectivity index is 3.56. The van der Waals surface area contributed by atoms with Crippen molar-refractivity contribution in [1.82, 2.24) is 57.8 Å². The van der Waals surface area contributed by atoms with Gasteiger partial charge in [-0.3, -0.25) is 67.5 Å². The fourth-order valence-corrected chi connectivity index (χ4v) is 9.20. The van der Waals surface area contributed by atoms with Gasteiger partial charge in [-0.2, -0.15) is 0 Å². The van der Waals surface area contributed by atoms with Crippen LogP contribution in [0.2, 0.25) is 0 Å². The number of nitrogens with zero attached hydrogens (tertiary/aromatic N) is 3. The molecule has 34 nitrogen and oxygen atoms in total. The second-order valence-corrected chi connectivity index (χ2v) is 23.3. The van der Waals surface area contributed by atoms with Gasteiger partial charge < -0.3 is 104 Å². The molecule has 0 aliphatic carbocycles. The summed E-state index contributed by atoms with van der Waals surface area (Å²) in [4.78, 5) is 178. The monoisotopic (exact) mass is 1290 g/mol. The SMILES string of the molecule is CCCC[C@H](NC(=O)[C@@H](NC(=O)[C@H](CC(=O)O)NC(=O)[C@H](CCC(N)=O)NC(=O)[C@H](CC(C)C)NC(=O)[C@H](CC(C)C)NC(=O)[C@H](CCCN)NC(=O)[C@@H](N)Cc1cnc[nH]1)[C@@H](C)CC)C(=O)N[C@H](CCCN=C(N)N)C(=O)N[C@@H](CCCCN=C(N)N)C(N)=O. The van der Waals surface area contributed by atoms with E-state index in [2.05, 4.69) is 67.8 Å². The van der Waals surface area contributed by atoms with Crippen LogP contribution in [-0.4, -0.2) is 178 Å². The molecule has 1 aromatic heterocycles. The zero-order valence-corrected chi connectivity index (χ0v) is 53.6. The van der Waals surface area contributed by atoms with E-state index in [0.717, 1.165) is 0 Å². The highest BCUT2D eigenvalue weighted by Gasteiger charge is 2.37. The number of aromatic amines is 1. The number of carbonyl (C=O) groups is 12. The minimum Gasteiger partial charge on any atom is -0.481 e. The number of unbranched alkanes of at least 4 members (excludes halogenated alkanes) is 2. The van der Waals surface area contributed by atoms with E-state index in [9.17, 15) is 62.6 Å². The van der Waals surface area contributed by atoms with Gasteiger partial charge in [-0.05, 0) is 94.9 Å². The van der Waals surface area contributed by atoms with Gasteiger partial charge in [0.15, 0.2) is 11.9 Å². The van der Waals surface area contributed by atoms with Gasteiger partial charge in [0.05, 0.1) is 18.8 Å². The first kappa shape index (κ1) is 80.3. The largest absolute Gasteiger partial charge is 0.481 e. The fourth-order valence-electron chi connectivity index (χ4n) is 9.20. The molecule has 0 saturated carbocycles. The van der Waals surface area contributed by atoms with Crippen molar-refractivity contribution in [1.29, 1.82) is 0 Å². The van der Waals surface area contributed by atoms with Gasteiger partial charge in [0.2, 0.25) is 65.0 Å². The van der Waals surface area contributed by atoms with Crippen molar-refractivity contribution < 1.29 is 62.6 Å². The Morgan fingerprint density at radius 1 is 0.516 bits per heavy atom. The molecule has 0 bridgehead atoms. The molecule has 1 heterocycles. The quantitative estimate of drug-likeness (QED) is 0.0166. The number of carboxylic acids is 1. The zero-order valence-electron chi connectivity index (χ0n) is 53.6. The third-order valence-electron chi connectivity index (χ3n) is 14.4. The second kappa shape index (κ2) is 43.1. The van der Waals surface area contributed by atoms with Crippen molar-refractivity contribution in [2.24, 2.45) is 73.6 Å². The van der Waals surface area contributed by atoms with Crippen molar-refractivity contribution in [3.05, 3.63) is 18.2 Å².